The maximum absolute atomic E-state index is 10.0. The van der Waals surface area contributed by atoms with E-state index < -0.39 is 4.92 Å². The summed E-state index contributed by atoms with van der Waals surface area (Å²) in [7, 11) is 4.07. The lowest BCUT2D eigenvalue weighted by Gasteiger charge is -2.10. The van der Waals surface area contributed by atoms with E-state index in [4.69, 9.17) is 0 Å². The van der Waals surface area contributed by atoms with Gasteiger partial charge in [0.2, 0.25) is 0 Å². The summed E-state index contributed by atoms with van der Waals surface area (Å²) in [6, 6.07) is 18.2. The topological polar surface area (TPSA) is 46.4 Å². The first kappa shape index (κ1) is 13.7. The Hall–Kier alpha value is -2.36. The van der Waals surface area contributed by atoms with Crippen LogP contribution in [0.2, 0.25) is 0 Å². The third-order valence-corrected chi connectivity index (χ3v) is 2.24. The predicted molar refractivity (Wildman–Crippen MR) is 73.9 cm³/mol. The van der Waals surface area contributed by atoms with Crippen molar-refractivity contribution in [3.8, 4) is 0 Å². The fourth-order valence-electron chi connectivity index (χ4n) is 1.28. The van der Waals surface area contributed by atoms with E-state index in [-0.39, 0.29) is 5.69 Å². The van der Waals surface area contributed by atoms with Crippen molar-refractivity contribution in [2.24, 2.45) is 0 Å². The number of benzene rings is 2. The van der Waals surface area contributed by atoms with Crippen LogP contribution in [0, 0.1) is 10.1 Å². The molecule has 0 amide bonds. The smallest absolute Gasteiger partial charge is 0.269 e. The molecule has 0 atom stereocenters. The van der Waals surface area contributed by atoms with Crippen molar-refractivity contribution < 1.29 is 4.92 Å². The van der Waals surface area contributed by atoms with Gasteiger partial charge in [0.25, 0.3) is 5.69 Å². The minimum absolute atomic E-state index is 0.137. The first-order chi connectivity index (χ1) is 8.61. The fraction of sp³-hybridized carbons (Fsp3) is 0.143. The molecule has 0 aliphatic rings. The molecular weight excluding hydrogens is 228 g/mol. The second kappa shape index (κ2) is 7.06. The van der Waals surface area contributed by atoms with Gasteiger partial charge in [-0.05, 0) is 12.1 Å². The highest BCUT2D eigenvalue weighted by Crippen LogP contribution is 2.07. The van der Waals surface area contributed by atoms with Crippen LogP contribution in [0.5, 0.6) is 0 Å². The van der Waals surface area contributed by atoms with Crippen LogP contribution in [-0.4, -0.2) is 19.0 Å². The number of hydrogen-bond donors (Lipinski definition) is 0. The highest BCUT2D eigenvalue weighted by atomic mass is 16.6. The molecule has 0 radical (unpaired) electrons. The molecule has 0 saturated heterocycles. The Morgan fingerprint density at radius 1 is 0.889 bits per heavy atom. The Labute approximate surface area is 107 Å². The Balaban J connectivity index is 0.000000180. The van der Waals surface area contributed by atoms with Gasteiger partial charge in [0, 0.05) is 31.9 Å². The van der Waals surface area contributed by atoms with Gasteiger partial charge in [-0.15, -0.1) is 0 Å². The second-order valence-electron chi connectivity index (χ2n) is 3.82. The highest BCUT2D eigenvalue weighted by molar-refractivity contribution is 5.43. The van der Waals surface area contributed by atoms with Gasteiger partial charge in [-0.2, -0.15) is 0 Å². The van der Waals surface area contributed by atoms with Gasteiger partial charge < -0.3 is 4.90 Å². The maximum atomic E-state index is 10.0. The number of para-hydroxylation sites is 2. The van der Waals surface area contributed by atoms with Crippen LogP contribution in [0.25, 0.3) is 0 Å². The average molecular weight is 244 g/mol. The molecule has 2 rings (SSSR count). The van der Waals surface area contributed by atoms with Gasteiger partial charge in [0.1, 0.15) is 0 Å². The molecule has 0 fully saturated rings. The first-order valence-corrected chi connectivity index (χ1v) is 5.53. The number of nitrogens with zero attached hydrogens (tertiary/aromatic N) is 2. The van der Waals surface area contributed by atoms with Crippen molar-refractivity contribution in [2.75, 3.05) is 19.0 Å². The van der Waals surface area contributed by atoms with Gasteiger partial charge in [0.05, 0.1) is 4.92 Å². The second-order valence-corrected chi connectivity index (χ2v) is 3.82. The van der Waals surface area contributed by atoms with Crippen LogP contribution in [0.4, 0.5) is 11.4 Å². The van der Waals surface area contributed by atoms with E-state index in [1.165, 1.54) is 17.8 Å². The Bertz CT molecular complexity index is 470. The summed E-state index contributed by atoms with van der Waals surface area (Å²) in [4.78, 5) is 11.7. The Kier molecular flexibility index (Phi) is 5.38. The van der Waals surface area contributed by atoms with E-state index in [1.807, 2.05) is 32.3 Å². The Morgan fingerprint density at radius 3 is 1.61 bits per heavy atom. The van der Waals surface area contributed by atoms with Gasteiger partial charge >= 0.3 is 0 Å². The molecular formula is C14H16N2O2. The van der Waals surface area contributed by atoms with E-state index in [2.05, 4.69) is 17.0 Å². The molecule has 94 valence electrons. The molecule has 0 saturated carbocycles. The number of nitro benzene ring substituents is 1. The van der Waals surface area contributed by atoms with Crippen LogP contribution in [0.1, 0.15) is 0 Å². The molecule has 0 aliphatic carbocycles. The van der Waals surface area contributed by atoms with Gasteiger partial charge in [-0.3, -0.25) is 10.1 Å². The average Bonchev–Trinajstić information content (AvgIpc) is 2.41. The standard InChI is InChI=1S/C8H11N.C6H5NO2/c1-9(2)8-6-4-3-5-7-8;8-7(9)6-4-2-1-3-5-6/h3-7H,1-2H3;1-5H. The molecule has 0 aromatic heterocycles. The quantitative estimate of drug-likeness (QED) is 0.601. The monoisotopic (exact) mass is 244 g/mol. The predicted octanol–water partition coefficient (Wildman–Crippen LogP) is 3.35. The van der Waals surface area contributed by atoms with E-state index in [1.54, 1.807) is 18.2 Å². The van der Waals surface area contributed by atoms with Crippen LogP contribution >= 0.6 is 0 Å². The number of nitro groups is 1. The molecule has 0 unspecified atom stereocenters. The summed E-state index contributed by atoms with van der Waals surface area (Å²) in [5.74, 6) is 0. The van der Waals surface area contributed by atoms with E-state index in [0.29, 0.717) is 0 Å². The molecule has 4 heteroatoms. The van der Waals surface area contributed by atoms with Crippen LogP contribution < -0.4 is 4.90 Å². The summed E-state index contributed by atoms with van der Waals surface area (Å²) in [6.07, 6.45) is 0. The minimum Gasteiger partial charge on any atom is -0.378 e. The number of hydrogen-bond acceptors (Lipinski definition) is 3. The summed E-state index contributed by atoms with van der Waals surface area (Å²) in [6.45, 7) is 0. The van der Waals surface area contributed by atoms with Gasteiger partial charge in [-0.1, -0.05) is 36.4 Å². The highest BCUT2D eigenvalue weighted by Gasteiger charge is 1.98. The minimum atomic E-state index is -0.417. The summed E-state index contributed by atoms with van der Waals surface area (Å²) >= 11 is 0. The molecule has 0 heterocycles. The molecule has 2 aromatic rings. The lowest BCUT2D eigenvalue weighted by atomic mass is 10.3. The van der Waals surface area contributed by atoms with E-state index in [0.717, 1.165) is 0 Å². The van der Waals surface area contributed by atoms with Crippen molar-refractivity contribution in [1.82, 2.24) is 0 Å². The summed E-state index contributed by atoms with van der Waals surface area (Å²) < 4.78 is 0. The summed E-state index contributed by atoms with van der Waals surface area (Å²) in [5, 5.41) is 10.0. The van der Waals surface area contributed by atoms with Crippen molar-refractivity contribution >= 4 is 11.4 Å². The molecule has 0 aliphatic heterocycles. The van der Waals surface area contributed by atoms with Crippen LogP contribution in [0.15, 0.2) is 60.7 Å². The van der Waals surface area contributed by atoms with Gasteiger partial charge in [-0.25, -0.2) is 0 Å². The number of non-ortho nitro benzene ring substituents is 1. The number of anilines is 1. The van der Waals surface area contributed by atoms with E-state index >= 15 is 0 Å². The van der Waals surface area contributed by atoms with Crippen molar-refractivity contribution in [2.45, 2.75) is 0 Å². The number of rotatable bonds is 2. The SMILES string of the molecule is CN(C)c1ccccc1.O=[N+]([O-])c1ccccc1. The van der Waals surface area contributed by atoms with Crippen molar-refractivity contribution in [3.05, 3.63) is 70.8 Å². The molecule has 0 N–H and O–H groups in total. The zero-order chi connectivity index (χ0) is 13.4. The zero-order valence-electron chi connectivity index (χ0n) is 10.5. The van der Waals surface area contributed by atoms with Crippen molar-refractivity contribution in [1.29, 1.82) is 0 Å². The Morgan fingerprint density at radius 2 is 1.33 bits per heavy atom. The summed E-state index contributed by atoms with van der Waals surface area (Å²) in [5.41, 5.74) is 1.38. The van der Waals surface area contributed by atoms with Gasteiger partial charge in [0.15, 0.2) is 0 Å². The lowest BCUT2D eigenvalue weighted by molar-refractivity contribution is -0.384. The van der Waals surface area contributed by atoms with E-state index in [9.17, 15) is 10.1 Å². The molecule has 18 heavy (non-hydrogen) atoms. The first-order valence-electron chi connectivity index (χ1n) is 5.53. The maximum Gasteiger partial charge on any atom is 0.269 e. The van der Waals surface area contributed by atoms with Crippen LogP contribution in [0.3, 0.4) is 0 Å². The molecule has 0 spiro atoms. The fourth-order valence-corrected chi connectivity index (χ4v) is 1.28. The third-order valence-electron chi connectivity index (χ3n) is 2.24. The molecule has 0 bridgehead atoms. The zero-order valence-corrected chi connectivity index (χ0v) is 10.5. The normalized spacial score (nSPS) is 9.00. The lowest BCUT2D eigenvalue weighted by Crippen LogP contribution is -2.07. The van der Waals surface area contributed by atoms with Crippen molar-refractivity contribution in [3.63, 3.8) is 0 Å². The molecule has 2 aromatic carbocycles. The van der Waals surface area contributed by atoms with Crippen LogP contribution in [-0.2, 0) is 0 Å². The molecule has 4 nitrogen and oxygen atoms in total. The third kappa shape index (κ3) is 4.65. The largest absolute Gasteiger partial charge is 0.378 e.